The molecule has 148 valence electrons. The Morgan fingerprint density at radius 2 is 1.38 bits per heavy atom. The Morgan fingerprint density at radius 1 is 0.808 bits per heavy atom. The number of aliphatic hydroxyl groups excluding tert-OH is 2. The van der Waals surface area contributed by atoms with E-state index in [1.54, 1.807) is 0 Å². The van der Waals surface area contributed by atoms with Gasteiger partial charge in [-0.3, -0.25) is 4.79 Å². The molecule has 2 N–H and O–H groups in total. The van der Waals surface area contributed by atoms with Crippen LogP contribution in [0.2, 0.25) is 0 Å². The van der Waals surface area contributed by atoms with Crippen LogP contribution in [-0.2, 0) is 9.53 Å². The van der Waals surface area contributed by atoms with E-state index in [0.29, 0.717) is 6.61 Å². The van der Waals surface area contributed by atoms with Gasteiger partial charge in [0.25, 0.3) is 0 Å². The smallest absolute Gasteiger partial charge is 0.302 e. The van der Waals surface area contributed by atoms with Crippen LogP contribution < -0.4 is 0 Å². The normalized spacial score (nSPS) is 12.9. The van der Waals surface area contributed by atoms with Crippen molar-refractivity contribution in [3.63, 3.8) is 0 Å². The molecule has 0 atom stereocenters. The fraction of sp³-hybridized carbons (Fsp3) is 0.591. The van der Waals surface area contributed by atoms with E-state index in [0.717, 1.165) is 55.2 Å². The highest BCUT2D eigenvalue weighted by atomic mass is 16.5. The second-order valence-corrected chi connectivity index (χ2v) is 6.79. The monoisotopic (exact) mass is 364 g/mol. The second kappa shape index (κ2) is 15.6. The molecule has 4 heteroatoms. The van der Waals surface area contributed by atoms with Crippen LogP contribution in [0.1, 0.15) is 66.2 Å². The van der Waals surface area contributed by atoms with Crippen LogP contribution in [0.25, 0.3) is 0 Å². The van der Waals surface area contributed by atoms with Gasteiger partial charge in [-0.1, -0.05) is 35.5 Å². The van der Waals surface area contributed by atoms with Gasteiger partial charge in [-0.05, 0) is 70.4 Å². The van der Waals surface area contributed by atoms with Crippen LogP contribution >= 0.6 is 0 Å². The number of ether oxygens (including phenoxy) is 1. The molecule has 0 bridgehead atoms. The summed E-state index contributed by atoms with van der Waals surface area (Å²) in [6, 6.07) is 0. The van der Waals surface area contributed by atoms with E-state index in [9.17, 15) is 9.90 Å². The zero-order chi connectivity index (χ0) is 19.8. The third-order valence-corrected chi connectivity index (χ3v) is 3.99. The third kappa shape index (κ3) is 14.7. The first-order valence-corrected chi connectivity index (χ1v) is 9.38. The largest absolute Gasteiger partial charge is 0.461 e. The number of carbonyl (C=O) groups excluding carboxylic acids is 1. The molecule has 0 fully saturated rings. The fourth-order valence-electron chi connectivity index (χ4n) is 2.44. The standard InChI is InChI=1S/C22H36O4/c1-18(2)8-5-12-22(17-26-20(4)25)13-7-11-21(16-24)10-6-9-19(3)14-15-23/h8,10,13-14,23-24H,5-7,9,11-12,15-17H2,1-4H3/b19-14+,21-10+,22-13+. The summed E-state index contributed by atoms with van der Waals surface area (Å²) in [5.74, 6) is -0.264. The van der Waals surface area contributed by atoms with Gasteiger partial charge in [0, 0.05) is 6.92 Å². The second-order valence-electron chi connectivity index (χ2n) is 6.79. The molecule has 0 heterocycles. The first kappa shape index (κ1) is 24.4. The summed E-state index contributed by atoms with van der Waals surface area (Å²) in [5, 5.41) is 18.4. The first-order valence-electron chi connectivity index (χ1n) is 9.38. The minimum atomic E-state index is -0.264. The number of esters is 1. The molecule has 0 saturated carbocycles. The molecule has 0 aliphatic carbocycles. The SMILES string of the molecule is CC(=O)OC/C(=C/CC/C(=C\CC/C(C)=C/CO)CO)CCC=C(C)C. The van der Waals surface area contributed by atoms with E-state index in [1.165, 1.54) is 12.5 Å². The maximum Gasteiger partial charge on any atom is 0.302 e. The highest BCUT2D eigenvalue weighted by molar-refractivity contribution is 5.66. The predicted molar refractivity (Wildman–Crippen MR) is 108 cm³/mol. The summed E-state index contributed by atoms with van der Waals surface area (Å²) in [5.41, 5.74) is 4.59. The lowest BCUT2D eigenvalue weighted by atomic mass is 10.0. The predicted octanol–water partition coefficient (Wildman–Crippen LogP) is 4.64. The number of hydrogen-bond donors (Lipinski definition) is 2. The summed E-state index contributed by atoms with van der Waals surface area (Å²) < 4.78 is 5.14. The highest BCUT2D eigenvalue weighted by Crippen LogP contribution is 2.14. The quantitative estimate of drug-likeness (QED) is 0.369. The van der Waals surface area contributed by atoms with E-state index in [4.69, 9.17) is 9.84 Å². The number of rotatable bonds is 13. The van der Waals surface area contributed by atoms with Crippen LogP contribution in [0.4, 0.5) is 0 Å². The minimum Gasteiger partial charge on any atom is -0.461 e. The molecule has 0 rings (SSSR count). The number of aliphatic hydroxyl groups is 2. The van der Waals surface area contributed by atoms with Gasteiger partial charge in [-0.25, -0.2) is 0 Å². The molecule has 0 saturated heterocycles. The van der Waals surface area contributed by atoms with Gasteiger partial charge in [0.1, 0.15) is 6.61 Å². The van der Waals surface area contributed by atoms with Crippen molar-refractivity contribution in [1.29, 1.82) is 0 Å². The van der Waals surface area contributed by atoms with Gasteiger partial charge < -0.3 is 14.9 Å². The zero-order valence-electron chi connectivity index (χ0n) is 16.9. The van der Waals surface area contributed by atoms with Gasteiger partial charge in [0.2, 0.25) is 0 Å². The average molecular weight is 365 g/mol. The van der Waals surface area contributed by atoms with Gasteiger partial charge in [-0.2, -0.15) is 0 Å². The van der Waals surface area contributed by atoms with Crippen LogP contribution in [0, 0.1) is 0 Å². The molecule has 0 amide bonds. The summed E-state index contributed by atoms with van der Waals surface area (Å²) in [7, 11) is 0. The lowest BCUT2D eigenvalue weighted by Gasteiger charge is -2.08. The Bertz CT molecular complexity index is 520. The van der Waals surface area contributed by atoms with Crippen molar-refractivity contribution < 1.29 is 19.7 Å². The van der Waals surface area contributed by atoms with Gasteiger partial charge in [-0.15, -0.1) is 0 Å². The first-order chi connectivity index (χ1) is 12.4. The van der Waals surface area contributed by atoms with E-state index >= 15 is 0 Å². The molecule has 4 nitrogen and oxygen atoms in total. The number of carbonyl (C=O) groups is 1. The Morgan fingerprint density at radius 3 is 1.96 bits per heavy atom. The molecule has 0 spiro atoms. The lowest BCUT2D eigenvalue weighted by Crippen LogP contribution is -2.03. The molecule has 0 aromatic heterocycles. The molecular formula is C22H36O4. The van der Waals surface area contributed by atoms with Gasteiger partial charge >= 0.3 is 5.97 Å². The maximum absolute atomic E-state index is 11.1. The summed E-state index contributed by atoms with van der Waals surface area (Å²) in [6.45, 7) is 8.05. The average Bonchev–Trinajstić information content (AvgIpc) is 2.57. The van der Waals surface area contributed by atoms with E-state index in [1.807, 2.05) is 13.0 Å². The summed E-state index contributed by atoms with van der Waals surface area (Å²) in [6.07, 6.45) is 13.4. The molecule has 0 radical (unpaired) electrons. The van der Waals surface area contributed by atoms with Crippen molar-refractivity contribution in [3.05, 3.63) is 46.6 Å². The molecule has 0 unspecified atom stereocenters. The van der Waals surface area contributed by atoms with Crippen molar-refractivity contribution in [3.8, 4) is 0 Å². The van der Waals surface area contributed by atoms with Crippen molar-refractivity contribution in [2.45, 2.75) is 66.2 Å². The third-order valence-electron chi connectivity index (χ3n) is 3.99. The zero-order valence-corrected chi connectivity index (χ0v) is 16.9. The maximum atomic E-state index is 11.1. The van der Waals surface area contributed by atoms with Crippen molar-refractivity contribution >= 4 is 5.97 Å². The Kier molecular flexibility index (Phi) is 14.6. The molecular weight excluding hydrogens is 328 g/mol. The number of hydrogen-bond acceptors (Lipinski definition) is 4. The Labute approximate surface area is 159 Å². The lowest BCUT2D eigenvalue weighted by molar-refractivity contribution is -0.140. The van der Waals surface area contributed by atoms with Crippen LogP contribution in [-0.4, -0.2) is 36.0 Å². The molecule has 0 aromatic rings. The van der Waals surface area contributed by atoms with Crippen molar-refractivity contribution in [2.24, 2.45) is 0 Å². The summed E-state index contributed by atoms with van der Waals surface area (Å²) in [4.78, 5) is 11.1. The van der Waals surface area contributed by atoms with Crippen molar-refractivity contribution in [1.82, 2.24) is 0 Å². The fourth-order valence-corrected chi connectivity index (χ4v) is 2.44. The molecule has 26 heavy (non-hydrogen) atoms. The highest BCUT2D eigenvalue weighted by Gasteiger charge is 2.02. The van der Waals surface area contributed by atoms with Crippen LogP contribution in [0.5, 0.6) is 0 Å². The van der Waals surface area contributed by atoms with E-state index in [2.05, 4.69) is 32.1 Å². The number of allylic oxidation sites excluding steroid dienone is 5. The van der Waals surface area contributed by atoms with Crippen molar-refractivity contribution in [2.75, 3.05) is 19.8 Å². The summed E-state index contributed by atoms with van der Waals surface area (Å²) >= 11 is 0. The van der Waals surface area contributed by atoms with E-state index in [-0.39, 0.29) is 19.2 Å². The molecule has 0 aliphatic heterocycles. The topological polar surface area (TPSA) is 66.8 Å². The van der Waals surface area contributed by atoms with Crippen LogP contribution in [0.15, 0.2) is 46.6 Å². The minimum absolute atomic E-state index is 0.0631. The molecule has 0 aliphatic rings. The Balaban J connectivity index is 4.59. The Hall–Kier alpha value is -1.65. The van der Waals surface area contributed by atoms with E-state index < -0.39 is 0 Å². The van der Waals surface area contributed by atoms with Gasteiger partial charge in [0.15, 0.2) is 0 Å². The van der Waals surface area contributed by atoms with Gasteiger partial charge in [0.05, 0.1) is 13.2 Å². The van der Waals surface area contributed by atoms with Crippen LogP contribution in [0.3, 0.4) is 0 Å². The molecule has 0 aromatic carbocycles.